The maximum Gasteiger partial charge on any atom is 0.331 e. The van der Waals surface area contributed by atoms with E-state index in [2.05, 4.69) is 22.6 Å². The molecule has 21 heavy (non-hydrogen) atoms. The first-order valence-electron chi connectivity index (χ1n) is 6.51. The Balaban J connectivity index is 2.28. The molecule has 0 atom stereocenters. The van der Waals surface area contributed by atoms with E-state index in [0.717, 1.165) is 9.13 Å². The van der Waals surface area contributed by atoms with Crippen LogP contribution in [-0.4, -0.2) is 9.13 Å². The predicted octanol–water partition coefficient (Wildman–Crippen LogP) is 2.35. The van der Waals surface area contributed by atoms with Gasteiger partial charge in [-0.25, -0.2) is 4.79 Å². The Morgan fingerprint density at radius 2 is 1.76 bits per heavy atom. The Morgan fingerprint density at radius 1 is 1.05 bits per heavy atom. The van der Waals surface area contributed by atoms with Crippen molar-refractivity contribution in [3.05, 3.63) is 78.5 Å². The van der Waals surface area contributed by atoms with E-state index in [4.69, 9.17) is 0 Å². The topological polar surface area (TPSA) is 44.0 Å². The standard InChI is InChI=1S/C16H13IN2O2/c1-18-14-8-7-12(17)9-13(14)15(20)19(16(18)21)10-11-5-3-2-4-6-11/h2-9H,10H2,1H3. The molecule has 0 N–H and O–H groups in total. The molecule has 0 amide bonds. The second kappa shape index (κ2) is 5.48. The molecule has 0 aliphatic carbocycles. The Kier molecular flexibility index (Phi) is 3.67. The van der Waals surface area contributed by atoms with Gasteiger partial charge in [-0.1, -0.05) is 30.3 Å². The van der Waals surface area contributed by atoms with Gasteiger partial charge in [-0.15, -0.1) is 0 Å². The van der Waals surface area contributed by atoms with Crippen LogP contribution in [0.5, 0.6) is 0 Å². The van der Waals surface area contributed by atoms with Gasteiger partial charge in [0.1, 0.15) is 0 Å². The second-order valence-electron chi connectivity index (χ2n) is 4.88. The number of nitrogens with zero attached hydrogens (tertiary/aromatic N) is 2. The van der Waals surface area contributed by atoms with Crippen LogP contribution in [0.4, 0.5) is 0 Å². The first-order chi connectivity index (χ1) is 10.1. The van der Waals surface area contributed by atoms with E-state index in [1.807, 2.05) is 48.5 Å². The molecule has 4 nitrogen and oxygen atoms in total. The lowest BCUT2D eigenvalue weighted by Crippen LogP contribution is -2.39. The van der Waals surface area contributed by atoms with Crippen LogP contribution < -0.4 is 11.2 Å². The zero-order valence-electron chi connectivity index (χ0n) is 11.4. The van der Waals surface area contributed by atoms with Crippen LogP contribution in [0.15, 0.2) is 58.1 Å². The molecule has 3 aromatic rings. The van der Waals surface area contributed by atoms with Crippen LogP contribution in [0.2, 0.25) is 0 Å². The average Bonchev–Trinajstić information content (AvgIpc) is 2.50. The van der Waals surface area contributed by atoms with Gasteiger partial charge in [0, 0.05) is 10.6 Å². The molecule has 0 spiro atoms. The molecule has 0 saturated carbocycles. The SMILES string of the molecule is Cn1c(=O)n(Cc2ccccc2)c(=O)c2cc(I)ccc21. The Labute approximate surface area is 134 Å². The highest BCUT2D eigenvalue weighted by atomic mass is 127. The summed E-state index contributed by atoms with van der Waals surface area (Å²) in [6.45, 7) is 0.285. The highest BCUT2D eigenvalue weighted by Gasteiger charge is 2.11. The van der Waals surface area contributed by atoms with Crippen LogP contribution >= 0.6 is 22.6 Å². The molecule has 1 heterocycles. The largest absolute Gasteiger partial charge is 0.331 e. The third-order valence-corrected chi connectivity index (χ3v) is 4.17. The van der Waals surface area contributed by atoms with Crippen molar-refractivity contribution in [1.82, 2.24) is 9.13 Å². The molecular formula is C16H13IN2O2. The maximum absolute atomic E-state index is 12.6. The van der Waals surface area contributed by atoms with E-state index in [0.29, 0.717) is 10.9 Å². The minimum atomic E-state index is -0.294. The summed E-state index contributed by atoms with van der Waals surface area (Å²) in [5.41, 5.74) is 1.06. The molecular weight excluding hydrogens is 379 g/mol. The van der Waals surface area contributed by atoms with Gasteiger partial charge in [-0.05, 0) is 46.4 Å². The summed E-state index contributed by atoms with van der Waals surface area (Å²) in [4.78, 5) is 25.0. The molecule has 0 unspecified atom stereocenters. The number of hydrogen-bond acceptors (Lipinski definition) is 2. The number of fused-ring (bicyclic) bond motifs is 1. The minimum absolute atomic E-state index is 0.240. The van der Waals surface area contributed by atoms with Crippen molar-refractivity contribution in [3.63, 3.8) is 0 Å². The van der Waals surface area contributed by atoms with Crippen molar-refractivity contribution in [3.8, 4) is 0 Å². The van der Waals surface area contributed by atoms with Crippen LogP contribution in [0.25, 0.3) is 10.9 Å². The maximum atomic E-state index is 12.6. The van der Waals surface area contributed by atoms with Gasteiger partial charge < -0.3 is 0 Å². The van der Waals surface area contributed by atoms with E-state index in [-0.39, 0.29) is 17.8 Å². The number of halogens is 1. The predicted molar refractivity (Wildman–Crippen MR) is 91.7 cm³/mol. The van der Waals surface area contributed by atoms with E-state index in [1.165, 1.54) is 9.13 Å². The van der Waals surface area contributed by atoms with Gasteiger partial charge in [0.05, 0.1) is 17.4 Å². The summed E-state index contributed by atoms with van der Waals surface area (Å²) in [5, 5.41) is 0.569. The van der Waals surface area contributed by atoms with Crippen LogP contribution in [0.3, 0.4) is 0 Å². The highest BCUT2D eigenvalue weighted by molar-refractivity contribution is 14.1. The van der Waals surface area contributed by atoms with Gasteiger partial charge in [0.15, 0.2) is 0 Å². The van der Waals surface area contributed by atoms with E-state index < -0.39 is 0 Å². The summed E-state index contributed by atoms with van der Waals surface area (Å²) in [6.07, 6.45) is 0. The fraction of sp³-hybridized carbons (Fsp3) is 0.125. The first-order valence-corrected chi connectivity index (χ1v) is 7.59. The average molecular weight is 392 g/mol. The van der Waals surface area contributed by atoms with Crippen molar-refractivity contribution < 1.29 is 0 Å². The Morgan fingerprint density at radius 3 is 2.48 bits per heavy atom. The fourth-order valence-corrected chi connectivity index (χ4v) is 2.89. The van der Waals surface area contributed by atoms with Crippen molar-refractivity contribution in [2.45, 2.75) is 6.54 Å². The lowest BCUT2D eigenvalue weighted by Gasteiger charge is -2.11. The van der Waals surface area contributed by atoms with Crippen LogP contribution in [0.1, 0.15) is 5.56 Å². The zero-order chi connectivity index (χ0) is 15.0. The van der Waals surface area contributed by atoms with Crippen molar-refractivity contribution >= 4 is 33.5 Å². The van der Waals surface area contributed by atoms with Crippen LogP contribution in [-0.2, 0) is 13.6 Å². The molecule has 0 saturated heterocycles. The van der Waals surface area contributed by atoms with E-state index in [1.54, 1.807) is 7.05 Å². The van der Waals surface area contributed by atoms with Crippen molar-refractivity contribution in [2.24, 2.45) is 7.05 Å². The zero-order valence-corrected chi connectivity index (χ0v) is 13.6. The fourth-order valence-electron chi connectivity index (χ4n) is 2.39. The third kappa shape index (κ3) is 2.53. The Bertz CT molecular complexity index is 927. The van der Waals surface area contributed by atoms with Gasteiger partial charge in [-0.3, -0.25) is 13.9 Å². The van der Waals surface area contributed by atoms with Gasteiger partial charge in [0.2, 0.25) is 0 Å². The summed E-state index contributed by atoms with van der Waals surface area (Å²) in [5.74, 6) is 0. The smallest absolute Gasteiger partial charge is 0.296 e. The van der Waals surface area contributed by atoms with Gasteiger partial charge in [-0.2, -0.15) is 0 Å². The van der Waals surface area contributed by atoms with Crippen molar-refractivity contribution in [2.75, 3.05) is 0 Å². The quantitative estimate of drug-likeness (QED) is 0.629. The third-order valence-electron chi connectivity index (χ3n) is 3.50. The van der Waals surface area contributed by atoms with Gasteiger partial charge >= 0.3 is 5.69 Å². The molecule has 0 aliphatic heterocycles. The number of aryl methyl sites for hydroxylation is 1. The summed E-state index contributed by atoms with van der Waals surface area (Å²) in [6, 6.07) is 15.0. The summed E-state index contributed by atoms with van der Waals surface area (Å²) >= 11 is 2.16. The normalized spacial score (nSPS) is 11.0. The number of benzene rings is 2. The van der Waals surface area contributed by atoms with Gasteiger partial charge in [0.25, 0.3) is 5.56 Å². The number of rotatable bonds is 2. The summed E-state index contributed by atoms with van der Waals surface area (Å²) < 4.78 is 3.78. The lowest BCUT2D eigenvalue weighted by atomic mass is 10.2. The Hall–Kier alpha value is -1.89. The molecule has 0 radical (unpaired) electrons. The monoisotopic (exact) mass is 392 g/mol. The summed E-state index contributed by atoms with van der Waals surface area (Å²) in [7, 11) is 1.69. The molecule has 3 rings (SSSR count). The van der Waals surface area contributed by atoms with E-state index in [9.17, 15) is 9.59 Å². The number of aromatic nitrogens is 2. The molecule has 2 aromatic carbocycles. The molecule has 0 fully saturated rings. The van der Waals surface area contributed by atoms with Crippen molar-refractivity contribution in [1.29, 1.82) is 0 Å². The highest BCUT2D eigenvalue weighted by Crippen LogP contribution is 2.12. The molecule has 5 heteroatoms. The molecule has 0 bridgehead atoms. The number of hydrogen-bond donors (Lipinski definition) is 0. The van der Waals surface area contributed by atoms with E-state index >= 15 is 0 Å². The first kappa shape index (κ1) is 14.1. The second-order valence-corrected chi connectivity index (χ2v) is 6.13. The molecule has 106 valence electrons. The van der Waals surface area contributed by atoms with Crippen LogP contribution in [0, 0.1) is 3.57 Å². The minimum Gasteiger partial charge on any atom is -0.296 e. The molecule has 0 aliphatic rings. The molecule has 1 aromatic heterocycles. The lowest BCUT2D eigenvalue weighted by molar-refractivity contribution is 0.660.